The summed E-state index contributed by atoms with van der Waals surface area (Å²) in [6.45, 7) is 4.60. The summed E-state index contributed by atoms with van der Waals surface area (Å²) in [6.07, 6.45) is 3.66. The zero-order valence-corrected chi connectivity index (χ0v) is 15.3. The van der Waals surface area contributed by atoms with Gasteiger partial charge in [-0.2, -0.15) is 5.10 Å². The van der Waals surface area contributed by atoms with Crippen LogP contribution in [-0.2, 0) is 11.8 Å². The molecule has 0 amide bonds. The van der Waals surface area contributed by atoms with E-state index in [1.54, 1.807) is 18.0 Å². The Kier molecular flexibility index (Phi) is 4.08. The van der Waals surface area contributed by atoms with Gasteiger partial charge in [0.05, 0.1) is 18.5 Å². The Hall–Kier alpha value is -2.93. The zero-order chi connectivity index (χ0) is 18.3. The smallest absolute Gasteiger partial charge is 0.160 e. The number of hydrogen-bond acceptors (Lipinski definition) is 5. The maximum Gasteiger partial charge on any atom is 0.160 e. The maximum atomic E-state index is 6.04. The van der Waals surface area contributed by atoms with Crippen molar-refractivity contribution in [3.63, 3.8) is 0 Å². The van der Waals surface area contributed by atoms with Gasteiger partial charge in [0.1, 0.15) is 17.3 Å². The molecule has 0 spiro atoms. The number of aromatic nitrogens is 5. The molecule has 0 unspecified atom stereocenters. The van der Waals surface area contributed by atoms with E-state index in [0.717, 1.165) is 28.0 Å². The largest absolute Gasteiger partial charge is 0.454 e. The van der Waals surface area contributed by atoms with Gasteiger partial charge in [0.15, 0.2) is 5.76 Å². The van der Waals surface area contributed by atoms with E-state index in [-0.39, 0.29) is 6.04 Å². The Morgan fingerprint density at radius 2 is 2.08 bits per heavy atom. The lowest BCUT2D eigenvalue weighted by Crippen LogP contribution is -2.19. The van der Waals surface area contributed by atoms with Crippen LogP contribution in [0.2, 0.25) is 0 Å². The van der Waals surface area contributed by atoms with Crippen LogP contribution >= 0.6 is 0 Å². The monoisotopic (exact) mass is 351 g/mol. The van der Waals surface area contributed by atoms with Crippen LogP contribution in [0.25, 0.3) is 22.4 Å². The number of hydrogen-bond donors (Lipinski definition) is 0. The van der Waals surface area contributed by atoms with Crippen molar-refractivity contribution in [1.82, 2.24) is 24.8 Å². The van der Waals surface area contributed by atoms with Crippen molar-refractivity contribution in [2.45, 2.75) is 19.9 Å². The molecule has 0 bridgehead atoms. The molecule has 0 aliphatic carbocycles. The summed E-state index contributed by atoms with van der Waals surface area (Å²) < 4.78 is 15.0. The van der Waals surface area contributed by atoms with Gasteiger partial charge in [0, 0.05) is 31.3 Å². The van der Waals surface area contributed by atoms with E-state index in [1.165, 1.54) is 5.56 Å². The second-order valence-electron chi connectivity index (χ2n) is 6.49. The fraction of sp³-hybridized carbons (Fsp3) is 0.316. The first-order valence-electron chi connectivity index (χ1n) is 8.47. The van der Waals surface area contributed by atoms with Gasteiger partial charge in [-0.15, -0.1) is 5.10 Å². The number of nitrogens with zero attached hydrogens (tertiary/aromatic N) is 5. The normalized spacial score (nSPS) is 12.8. The Morgan fingerprint density at radius 3 is 2.81 bits per heavy atom. The molecule has 0 radical (unpaired) electrons. The summed E-state index contributed by atoms with van der Waals surface area (Å²) in [5, 5.41) is 14.0. The third-order valence-corrected chi connectivity index (χ3v) is 4.68. The van der Waals surface area contributed by atoms with E-state index < -0.39 is 0 Å². The van der Waals surface area contributed by atoms with Gasteiger partial charge in [-0.05, 0) is 32.0 Å². The van der Waals surface area contributed by atoms with Crippen molar-refractivity contribution in [3.05, 3.63) is 53.5 Å². The molecule has 7 nitrogen and oxygen atoms in total. The van der Waals surface area contributed by atoms with Gasteiger partial charge in [0.2, 0.25) is 0 Å². The molecule has 0 fully saturated rings. The minimum Gasteiger partial charge on any atom is -0.454 e. The first-order valence-corrected chi connectivity index (χ1v) is 8.47. The van der Waals surface area contributed by atoms with Crippen LogP contribution in [0, 0.1) is 13.8 Å². The molecule has 134 valence electrons. The van der Waals surface area contributed by atoms with E-state index >= 15 is 0 Å². The molecule has 4 aromatic rings. The van der Waals surface area contributed by atoms with Crippen LogP contribution in [0.1, 0.15) is 22.9 Å². The van der Waals surface area contributed by atoms with Gasteiger partial charge in [0.25, 0.3) is 0 Å². The molecular formula is C19H21N5O2. The average Bonchev–Trinajstić information content (AvgIpc) is 3.33. The number of ether oxygens (including phenoxy) is 1. The van der Waals surface area contributed by atoms with Crippen LogP contribution in [0.3, 0.4) is 0 Å². The first-order chi connectivity index (χ1) is 12.6. The highest BCUT2D eigenvalue weighted by atomic mass is 16.5. The Labute approximate surface area is 151 Å². The molecule has 7 heteroatoms. The summed E-state index contributed by atoms with van der Waals surface area (Å²) in [4.78, 5) is 0. The lowest BCUT2D eigenvalue weighted by Gasteiger charge is -2.16. The van der Waals surface area contributed by atoms with Crippen LogP contribution in [0.5, 0.6) is 0 Å². The van der Waals surface area contributed by atoms with Gasteiger partial charge in [-0.25, -0.2) is 4.68 Å². The number of fused-ring (bicyclic) bond motifs is 1. The molecule has 3 heterocycles. The summed E-state index contributed by atoms with van der Waals surface area (Å²) in [7, 11) is 3.58. The predicted octanol–water partition coefficient (Wildman–Crippen LogP) is 3.28. The van der Waals surface area contributed by atoms with Crippen molar-refractivity contribution in [2.24, 2.45) is 7.05 Å². The highest BCUT2D eigenvalue weighted by Crippen LogP contribution is 2.32. The highest BCUT2D eigenvalue weighted by molar-refractivity contribution is 5.87. The van der Waals surface area contributed by atoms with E-state index in [2.05, 4.69) is 28.4 Å². The standard InChI is InChI=1S/C19H21N5O2/c1-12-5-6-18-14(9-12)13(2)19(26-18)15-10-24(22-21-15)17(11-25-4)16-7-8-20-23(16)3/h5-10,17H,11H2,1-4H3/t17-/m1/s1. The van der Waals surface area contributed by atoms with E-state index in [9.17, 15) is 0 Å². The van der Waals surface area contributed by atoms with Crippen molar-refractivity contribution < 1.29 is 9.15 Å². The number of furan rings is 1. The Balaban J connectivity index is 1.76. The molecule has 0 saturated carbocycles. The van der Waals surface area contributed by atoms with Crippen molar-refractivity contribution in [2.75, 3.05) is 13.7 Å². The zero-order valence-electron chi connectivity index (χ0n) is 15.3. The maximum absolute atomic E-state index is 6.04. The van der Waals surface area contributed by atoms with E-state index in [1.807, 2.05) is 43.0 Å². The molecule has 26 heavy (non-hydrogen) atoms. The molecular weight excluding hydrogens is 330 g/mol. The SMILES string of the molecule is COC[C@H](c1ccnn1C)n1cc(-c2oc3ccc(C)cc3c2C)nn1. The summed E-state index contributed by atoms with van der Waals surface area (Å²) in [5.41, 5.74) is 4.84. The summed E-state index contributed by atoms with van der Waals surface area (Å²) in [5.74, 6) is 0.748. The van der Waals surface area contributed by atoms with Crippen molar-refractivity contribution >= 4 is 11.0 Å². The molecule has 1 aromatic carbocycles. The molecule has 0 aliphatic rings. The van der Waals surface area contributed by atoms with Crippen LogP contribution in [0.15, 0.2) is 41.1 Å². The second kappa shape index (κ2) is 6.42. The van der Waals surface area contributed by atoms with Gasteiger partial charge in [-0.1, -0.05) is 16.8 Å². The van der Waals surface area contributed by atoms with Gasteiger partial charge < -0.3 is 9.15 Å². The fourth-order valence-corrected chi connectivity index (χ4v) is 3.28. The molecule has 3 aromatic heterocycles. The molecule has 1 atom stereocenters. The topological polar surface area (TPSA) is 70.9 Å². The van der Waals surface area contributed by atoms with Crippen LogP contribution < -0.4 is 0 Å². The summed E-state index contributed by atoms with van der Waals surface area (Å²) in [6, 6.07) is 8.02. The lowest BCUT2D eigenvalue weighted by atomic mass is 10.1. The lowest BCUT2D eigenvalue weighted by molar-refractivity contribution is 0.160. The number of aryl methyl sites for hydroxylation is 3. The molecule has 4 rings (SSSR count). The van der Waals surface area contributed by atoms with E-state index in [4.69, 9.17) is 9.15 Å². The van der Waals surface area contributed by atoms with Gasteiger partial charge in [-0.3, -0.25) is 4.68 Å². The fourth-order valence-electron chi connectivity index (χ4n) is 3.28. The minimum atomic E-state index is -0.110. The third-order valence-electron chi connectivity index (χ3n) is 4.68. The first kappa shape index (κ1) is 16.5. The van der Waals surface area contributed by atoms with Gasteiger partial charge >= 0.3 is 0 Å². The Bertz CT molecular complexity index is 1060. The molecule has 0 N–H and O–H groups in total. The van der Waals surface area contributed by atoms with Crippen LogP contribution in [-0.4, -0.2) is 38.5 Å². The Morgan fingerprint density at radius 1 is 1.23 bits per heavy atom. The minimum absolute atomic E-state index is 0.110. The number of methoxy groups -OCH3 is 1. The average molecular weight is 351 g/mol. The van der Waals surface area contributed by atoms with Crippen molar-refractivity contribution in [3.8, 4) is 11.5 Å². The quantitative estimate of drug-likeness (QED) is 0.552. The number of benzene rings is 1. The van der Waals surface area contributed by atoms with Crippen molar-refractivity contribution in [1.29, 1.82) is 0 Å². The summed E-state index contributed by atoms with van der Waals surface area (Å²) >= 11 is 0. The third kappa shape index (κ3) is 2.70. The highest BCUT2D eigenvalue weighted by Gasteiger charge is 2.21. The predicted molar refractivity (Wildman–Crippen MR) is 97.9 cm³/mol. The second-order valence-corrected chi connectivity index (χ2v) is 6.49. The molecule has 0 aliphatic heterocycles. The van der Waals surface area contributed by atoms with Crippen LogP contribution in [0.4, 0.5) is 0 Å². The number of rotatable bonds is 5. The molecule has 0 saturated heterocycles. The van der Waals surface area contributed by atoms with E-state index in [0.29, 0.717) is 12.3 Å².